The summed E-state index contributed by atoms with van der Waals surface area (Å²) in [5.41, 5.74) is 3.20. The molecule has 2 bridgehead atoms. The van der Waals surface area contributed by atoms with Gasteiger partial charge in [0.05, 0.1) is 12.2 Å². The third-order valence-corrected chi connectivity index (χ3v) is 150. The number of ether oxygens (including phenoxy) is 1. The van der Waals surface area contributed by atoms with E-state index >= 15 is 0 Å². The number of rotatable bonds is 1. The van der Waals surface area contributed by atoms with E-state index in [2.05, 4.69) is 15.9 Å². The molecule has 0 radical (unpaired) electrons. The van der Waals surface area contributed by atoms with Gasteiger partial charge in [0, 0.05) is 619 Å². The van der Waals surface area contributed by atoms with Crippen LogP contribution in [0.5, 0.6) is 0 Å². The van der Waals surface area contributed by atoms with Gasteiger partial charge in [0.1, 0.15) is 0 Å². The second-order valence-electron chi connectivity index (χ2n) is 8.30. The number of aldehydes is 1. The lowest BCUT2D eigenvalue weighted by atomic mass is 9.91. The normalized spacial score (nSPS) is 11.2. The predicted octanol–water partition coefficient (Wildman–Crippen LogP) is 3.00. The SMILES string of the molecule is O=Cc1cc2c(cc1Br)C1CCC2O1.S=S=S=S=S=S=S=S=S=S=S=S=S=S=S=S=S=S=S=S=S=S=S=S=S=S=S=S=S=S=S=S=S=S=S=S=S=S=S=S=S=S=S=S=S=S=S=S=S=S=S=S=S=S=S=S=S=S=S=S=S=S=S=S=S=S=S=S. The van der Waals surface area contributed by atoms with Crippen LogP contribution in [-0.2, 0) is 613 Å². The molecular weight excluding hydrogens is 2420 g/mol. The summed E-state index contributed by atoms with van der Waals surface area (Å²) in [6, 6.07) is 3.99. The first-order chi connectivity index (χ1) is 40.7. The molecule has 2 aliphatic rings. The van der Waals surface area contributed by atoms with Crippen molar-refractivity contribution in [3.63, 3.8) is 0 Å². The zero-order chi connectivity index (χ0) is 58.4. The molecule has 0 N–H and O–H groups in total. The van der Waals surface area contributed by atoms with Crippen LogP contribution in [-0.4, -0.2) is 6.29 Å². The van der Waals surface area contributed by atoms with E-state index in [4.69, 9.17) is 27.1 Å². The van der Waals surface area contributed by atoms with E-state index in [1.807, 2.05) is 474 Å². The van der Waals surface area contributed by atoms with E-state index in [1.165, 1.54) is 28.9 Å². The van der Waals surface area contributed by atoms with Crippen LogP contribution in [0.15, 0.2) is 16.6 Å². The molecule has 0 saturated carbocycles. The van der Waals surface area contributed by atoms with Crippen molar-refractivity contribution >= 4 is 631 Å². The van der Waals surface area contributed by atoms with Crippen molar-refractivity contribution in [3.8, 4) is 0 Å². The Morgan fingerprint density at radius 1 is 0.280 bits per heavy atom. The van der Waals surface area contributed by atoms with Crippen LogP contribution >= 0.6 is 15.9 Å². The average Bonchev–Trinajstić information content (AvgIpc) is 3.58. The van der Waals surface area contributed by atoms with Gasteiger partial charge < -0.3 is 4.74 Å². The van der Waals surface area contributed by atoms with Gasteiger partial charge in [0.15, 0.2) is 6.29 Å². The number of carbonyl (C=O) groups excluding carboxylic acids is 1. The molecule has 2 nitrogen and oxygen atoms in total. The summed E-state index contributed by atoms with van der Waals surface area (Å²) in [6.45, 7) is 0. The van der Waals surface area contributed by atoms with Crippen LogP contribution in [0.2, 0.25) is 0 Å². The topological polar surface area (TPSA) is 26.3 Å². The summed E-state index contributed by atoms with van der Waals surface area (Å²) in [7, 11) is 119. The van der Waals surface area contributed by atoms with E-state index in [-0.39, 0.29) is 12.2 Å². The zero-order valence-electron chi connectivity index (χ0n) is 35.3. The fraction of sp³-hybridized carbons (Fsp3) is 0.364. The molecule has 1 fully saturated rings. The minimum atomic E-state index is 0.238. The minimum absolute atomic E-state index is 0.238. The first kappa shape index (κ1) is 92.4. The highest BCUT2D eigenvalue weighted by molar-refractivity contribution is 9.10. The Morgan fingerprint density at radius 2 is 0.427 bits per heavy atom. The monoisotopic (exact) mass is 2430 g/mol. The summed E-state index contributed by atoms with van der Waals surface area (Å²) < 4.78 is 6.64. The number of fused-ring (bicyclic) bond motifs is 5. The Morgan fingerprint density at radius 3 is 0.573 bits per heavy atom. The summed E-state index contributed by atoms with van der Waals surface area (Å²) in [5.74, 6) is 0. The smallest absolute Gasteiger partial charge is 0.151 e. The molecule has 480 valence electrons. The van der Waals surface area contributed by atoms with Gasteiger partial charge in [-0.3, -0.25) is 4.79 Å². The van der Waals surface area contributed by atoms with E-state index in [9.17, 15) is 4.79 Å². The van der Waals surface area contributed by atoms with E-state index in [1.54, 1.807) is 107 Å². The molecule has 3 rings (SSSR count). The Labute approximate surface area is 678 Å². The molecule has 71 heteroatoms. The van der Waals surface area contributed by atoms with Gasteiger partial charge in [-0.05, 0) is 36.1 Å². The molecule has 2 unspecified atom stereocenters. The molecule has 0 aliphatic carbocycles. The van der Waals surface area contributed by atoms with Crippen molar-refractivity contribution in [2.24, 2.45) is 0 Å². The van der Waals surface area contributed by atoms with Crippen molar-refractivity contribution in [1.82, 2.24) is 0 Å². The number of benzene rings is 1. The maximum atomic E-state index is 10.8. The van der Waals surface area contributed by atoms with Gasteiger partial charge in [0.2, 0.25) is 0 Å². The molecule has 2 aliphatic heterocycles. The van der Waals surface area contributed by atoms with Crippen molar-refractivity contribution < 1.29 is 9.53 Å². The molecule has 2 heterocycles. The lowest BCUT2D eigenvalue weighted by molar-refractivity contribution is 0.0716. The first-order valence-electron chi connectivity index (χ1n) is 15.9. The van der Waals surface area contributed by atoms with E-state index in [0.29, 0.717) is 0 Å². The van der Waals surface area contributed by atoms with Crippen molar-refractivity contribution in [2.75, 3.05) is 0 Å². The van der Waals surface area contributed by atoms with Crippen LogP contribution in [0.3, 0.4) is 0 Å². The van der Waals surface area contributed by atoms with Crippen LogP contribution in [0.1, 0.15) is 46.5 Å². The molecular formula is C11H9BrO2S68. The Hall–Kier alpha value is 14.3. The number of hydrogen-bond acceptors (Lipinski definition) is 4. The molecule has 0 amide bonds. The van der Waals surface area contributed by atoms with Crippen molar-refractivity contribution in [2.45, 2.75) is 25.0 Å². The highest BCUT2D eigenvalue weighted by atomic mass is 79.9. The second-order valence-corrected chi connectivity index (χ2v) is 126. The third kappa shape index (κ3) is 62.8. The molecule has 82 heavy (non-hydrogen) atoms. The molecule has 2 atom stereocenters. The molecule has 1 aromatic rings. The van der Waals surface area contributed by atoms with Gasteiger partial charge >= 0.3 is 0 Å². The lowest BCUT2D eigenvalue weighted by Gasteiger charge is -2.12. The Kier molecular flexibility index (Phi) is 87.7. The van der Waals surface area contributed by atoms with Crippen molar-refractivity contribution in [3.05, 3.63) is 33.3 Å². The largest absolute Gasteiger partial charge is 0.366 e. The quantitative estimate of drug-likeness (QED) is 0.405. The molecule has 0 aromatic heterocycles. The number of carbonyl (C=O) groups is 1. The summed E-state index contributed by atoms with van der Waals surface area (Å²) in [4.78, 5) is 10.8. The summed E-state index contributed by atoms with van der Waals surface area (Å²) in [6.07, 6.45) is 3.60. The summed E-state index contributed by atoms with van der Waals surface area (Å²) >= 11 is 13.0. The first-order valence-corrected chi connectivity index (χ1v) is 106. The molecule has 1 saturated heterocycles. The van der Waals surface area contributed by atoms with E-state index in [0.717, 1.165) is 29.2 Å². The van der Waals surface area contributed by atoms with Gasteiger partial charge in [0.25, 0.3) is 0 Å². The van der Waals surface area contributed by atoms with Crippen molar-refractivity contribution in [1.29, 1.82) is 0 Å². The summed E-state index contributed by atoms with van der Waals surface area (Å²) in [5, 5.41) is 0. The number of halogens is 1. The standard InChI is InChI=1S/C11H9BrO2.S68/c12-9-4-8-7(3-6(9)5-13)10-1-2-11(8)14-10;1-3-5-7-9-11-13-15-17-19-21-23-25-27-29-31-33-35-37-39-41-43-45-47-49-51-53-55-57-59-61-63-65-67-68-66-64-62-60-58-56-54-52-50-48-46-44-42-40-38-36-34-32-30-28-26-24-22-20-18-16-14-12-10-8-6-4-2/h3-5,10-11H,1-2H2;. The van der Waals surface area contributed by atoms with Gasteiger partial charge in [-0.1, -0.05) is 15.9 Å². The van der Waals surface area contributed by atoms with Crippen LogP contribution < -0.4 is 0 Å². The van der Waals surface area contributed by atoms with Gasteiger partial charge in [-0.25, -0.2) is 0 Å². The maximum absolute atomic E-state index is 10.8. The second kappa shape index (κ2) is 77.9. The highest BCUT2D eigenvalue weighted by Gasteiger charge is 2.38. The maximum Gasteiger partial charge on any atom is 0.151 e. The fourth-order valence-corrected chi connectivity index (χ4v) is 179. The Bertz CT molecular complexity index is 5520. The average molecular weight is 2430 g/mol. The molecule has 0 spiro atoms. The lowest BCUT2D eigenvalue weighted by Crippen LogP contribution is -1.99. The van der Waals surface area contributed by atoms with Gasteiger partial charge in [-0.15, -0.1) is 0 Å². The van der Waals surface area contributed by atoms with E-state index < -0.39 is 0 Å². The predicted molar refractivity (Wildman–Crippen MR) is 556 cm³/mol. The van der Waals surface area contributed by atoms with Crippen LogP contribution in [0.25, 0.3) is 0 Å². The minimum Gasteiger partial charge on any atom is -0.366 e. The fourth-order valence-electron chi connectivity index (χ4n) is 3.09. The highest BCUT2D eigenvalue weighted by Crippen LogP contribution is 2.51. The van der Waals surface area contributed by atoms with Crippen LogP contribution in [0.4, 0.5) is 0 Å². The number of hydrogen-bond donors (Lipinski definition) is 0. The zero-order valence-corrected chi connectivity index (χ0v) is 92.4. The van der Waals surface area contributed by atoms with Crippen LogP contribution in [0, 0.1) is 0 Å². The van der Waals surface area contributed by atoms with Gasteiger partial charge in [-0.2, -0.15) is 0 Å². The Balaban J connectivity index is 0.00000139. The molecule has 1 aromatic carbocycles. The third-order valence-electron chi connectivity index (χ3n) is 4.85.